The molecule has 1 aromatic carbocycles. The Morgan fingerprint density at radius 1 is 1.32 bits per heavy atom. The van der Waals surface area contributed by atoms with Crippen LogP contribution in [-0.2, 0) is 15.8 Å². The number of nitrogens with zero attached hydrogens (tertiary/aromatic N) is 1. The van der Waals surface area contributed by atoms with Crippen LogP contribution in [0, 0.1) is 5.92 Å². The zero-order valence-corrected chi connectivity index (χ0v) is 11.6. The first kappa shape index (κ1) is 14.3. The molecule has 2 rings (SSSR count). The number of anilines is 1. The maximum atomic E-state index is 12.3. The summed E-state index contributed by atoms with van der Waals surface area (Å²) in [5.41, 5.74) is 6.94. The maximum absolute atomic E-state index is 12.3. The molecule has 0 amide bonds. The third-order valence-corrected chi connectivity index (χ3v) is 5.38. The molecule has 3 N–H and O–H groups in total. The first-order chi connectivity index (χ1) is 9.01. The van der Waals surface area contributed by atoms with Crippen molar-refractivity contribution < 1.29 is 13.5 Å². The number of piperidine rings is 1. The smallest absolute Gasteiger partial charge is 0.218 e. The number of hydrogen-bond donors (Lipinski definition) is 2. The van der Waals surface area contributed by atoms with Gasteiger partial charge in [-0.2, -0.15) is 0 Å². The Morgan fingerprint density at radius 2 is 2.00 bits per heavy atom. The first-order valence-electron chi connectivity index (χ1n) is 6.44. The van der Waals surface area contributed by atoms with E-state index in [0.29, 0.717) is 24.3 Å². The third kappa shape index (κ3) is 3.68. The summed E-state index contributed by atoms with van der Waals surface area (Å²) in [5.74, 6) is 0.223. The highest BCUT2D eigenvalue weighted by Gasteiger charge is 2.27. The molecule has 1 aromatic rings. The zero-order valence-electron chi connectivity index (χ0n) is 10.8. The number of hydrogen-bond acceptors (Lipinski definition) is 4. The van der Waals surface area contributed by atoms with Crippen LogP contribution in [0.5, 0.6) is 0 Å². The monoisotopic (exact) mass is 284 g/mol. The second kappa shape index (κ2) is 5.90. The Hall–Kier alpha value is -1.11. The Morgan fingerprint density at radius 3 is 2.58 bits per heavy atom. The van der Waals surface area contributed by atoms with E-state index in [1.807, 2.05) is 0 Å². The summed E-state index contributed by atoms with van der Waals surface area (Å²) in [6.07, 6.45) is 1.46. The minimum absolute atomic E-state index is 0.0121. The van der Waals surface area contributed by atoms with Gasteiger partial charge < -0.3 is 10.8 Å². The van der Waals surface area contributed by atoms with Crippen molar-refractivity contribution in [2.24, 2.45) is 5.92 Å². The van der Waals surface area contributed by atoms with Gasteiger partial charge >= 0.3 is 0 Å². The molecule has 1 saturated heterocycles. The van der Waals surface area contributed by atoms with E-state index in [4.69, 9.17) is 10.8 Å². The van der Waals surface area contributed by atoms with Crippen LogP contribution in [0.3, 0.4) is 0 Å². The Kier molecular flexibility index (Phi) is 4.44. The molecule has 0 bridgehead atoms. The molecular formula is C13H20N2O3S. The average molecular weight is 284 g/mol. The molecule has 106 valence electrons. The van der Waals surface area contributed by atoms with Crippen molar-refractivity contribution in [3.8, 4) is 0 Å². The molecule has 1 aliphatic rings. The van der Waals surface area contributed by atoms with Gasteiger partial charge in [0.25, 0.3) is 0 Å². The van der Waals surface area contributed by atoms with Crippen molar-refractivity contribution >= 4 is 15.7 Å². The van der Waals surface area contributed by atoms with Gasteiger partial charge in [-0.1, -0.05) is 12.1 Å². The summed E-state index contributed by atoms with van der Waals surface area (Å²) in [5, 5.41) is 9.06. The fraction of sp³-hybridized carbons (Fsp3) is 0.538. The van der Waals surface area contributed by atoms with E-state index in [2.05, 4.69) is 0 Å². The Bertz CT molecular complexity index is 522. The lowest BCUT2D eigenvalue weighted by atomic mass is 10.00. The zero-order chi connectivity index (χ0) is 13.9. The number of aliphatic hydroxyl groups is 1. The normalized spacial score (nSPS) is 18.6. The van der Waals surface area contributed by atoms with Crippen molar-refractivity contribution in [1.29, 1.82) is 0 Å². The van der Waals surface area contributed by atoms with Crippen LogP contribution in [0.2, 0.25) is 0 Å². The van der Waals surface area contributed by atoms with E-state index >= 15 is 0 Å². The SMILES string of the molecule is Nc1cccc(CS(=O)(=O)N2CCC(CO)CC2)c1. The molecule has 0 radical (unpaired) electrons. The molecular weight excluding hydrogens is 264 g/mol. The van der Waals surface area contributed by atoms with Crippen LogP contribution in [0.15, 0.2) is 24.3 Å². The summed E-state index contributed by atoms with van der Waals surface area (Å²) in [6.45, 7) is 1.13. The topological polar surface area (TPSA) is 83.6 Å². The van der Waals surface area contributed by atoms with Gasteiger partial charge in [0.15, 0.2) is 0 Å². The summed E-state index contributed by atoms with van der Waals surface area (Å²) in [6, 6.07) is 6.97. The van der Waals surface area contributed by atoms with Gasteiger partial charge in [0.05, 0.1) is 5.75 Å². The van der Waals surface area contributed by atoms with Crippen molar-refractivity contribution in [3.05, 3.63) is 29.8 Å². The molecule has 5 nitrogen and oxygen atoms in total. The fourth-order valence-corrected chi connectivity index (χ4v) is 3.91. The highest BCUT2D eigenvalue weighted by Crippen LogP contribution is 2.21. The molecule has 0 atom stereocenters. The van der Waals surface area contributed by atoms with Gasteiger partial charge in [-0.05, 0) is 36.5 Å². The minimum atomic E-state index is -3.29. The van der Waals surface area contributed by atoms with Gasteiger partial charge in [-0.3, -0.25) is 0 Å². The van der Waals surface area contributed by atoms with Crippen LogP contribution < -0.4 is 5.73 Å². The molecule has 19 heavy (non-hydrogen) atoms. The molecule has 6 heteroatoms. The highest BCUT2D eigenvalue weighted by atomic mass is 32.2. The van der Waals surface area contributed by atoms with Crippen molar-refractivity contribution in [3.63, 3.8) is 0 Å². The molecule has 0 aromatic heterocycles. The predicted octanol–water partition coefficient (Wildman–Crippen LogP) is 0.803. The largest absolute Gasteiger partial charge is 0.399 e. The van der Waals surface area contributed by atoms with Crippen LogP contribution in [-0.4, -0.2) is 37.5 Å². The Balaban J connectivity index is 2.03. The number of rotatable bonds is 4. The van der Waals surface area contributed by atoms with E-state index in [9.17, 15) is 8.42 Å². The van der Waals surface area contributed by atoms with Crippen LogP contribution in [0.1, 0.15) is 18.4 Å². The van der Waals surface area contributed by atoms with E-state index < -0.39 is 10.0 Å². The predicted molar refractivity (Wildman–Crippen MR) is 74.9 cm³/mol. The lowest BCUT2D eigenvalue weighted by Crippen LogP contribution is -2.39. The number of nitrogen functional groups attached to an aromatic ring is 1. The van der Waals surface area contributed by atoms with Gasteiger partial charge in [0.1, 0.15) is 0 Å². The van der Waals surface area contributed by atoms with E-state index in [0.717, 1.165) is 12.8 Å². The quantitative estimate of drug-likeness (QED) is 0.801. The average Bonchev–Trinajstić information content (AvgIpc) is 2.38. The molecule has 1 fully saturated rings. The summed E-state index contributed by atoms with van der Waals surface area (Å²) < 4.78 is 26.1. The number of nitrogens with two attached hydrogens (primary N) is 1. The lowest BCUT2D eigenvalue weighted by molar-refractivity contribution is 0.170. The summed E-state index contributed by atoms with van der Waals surface area (Å²) >= 11 is 0. The van der Waals surface area contributed by atoms with Gasteiger partial charge in [0, 0.05) is 25.4 Å². The second-order valence-electron chi connectivity index (χ2n) is 5.03. The lowest BCUT2D eigenvalue weighted by Gasteiger charge is -2.30. The fourth-order valence-electron chi connectivity index (χ4n) is 2.35. The molecule has 0 saturated carbocycles. The van der Waals surface area contributed by atoms with Crippen molar-refractivity contribution in [2.75, 3.05) is 25.4 Å². The third-order valence-electron chi connectivity index (χ3n) is 3.53. The number of aliphatic hydroxyl groups excluding tert-OH is 1. The maximum Gasteiger partial charge on any atom is 0.218 e. The molecule has 0 unspecified atom stereocenters. The number of sulfonamides is 1. The van der Waals surface area contributed by atoms with Gasteiger partial charge in [-0.25, -0.2) is 12.7 Å². The van der Waals surface area contributed by atoms with E-state index in [1.54, 1.807) is 24.3 Å². The van der Waals surface area contributed by atoms with Crippen molar-refractivity contribution in [1.82, 2.24) is 4.31 Å². The van der Waals surface area contributed by atoms with Crippen LogP contribution >= 0.6 is 0 Å². The summed E-state index contributed by atoms with van der Waals surface area (Å²) in [4.78, 5) is 0. The van der Waals surface area contributed by atoms with E-state index in [1.165, 1.54) is 4.31 Å². The molecule has 1 heterocycles. The van der Waals surface area contributed by atoms with E-state index in [-0.39, 0.29) is 18.3 Å². The first-order valence-corrected chi connectivity index (χ1v) is 8.05. The van der Waals surface area contributed by atoms with Crippen molar-refractivity contribution in [2.45, 2.75) is 18.6 Å². The van der Waals surface area contributed by atoms with Gasteiger partial charge in [0.2, 0.25) is 10.0 Å². The Labute approximate surface area is 114 Å². The molecule has 0 spiro atoms. The number of benzene rings is 1. The van der Waals surface area contributed by atoms with Crippen LogP contribution in [0.4, 0.5) is 5.69 Å². The standard InChI is InChI=1S/C13H20N2O3S/c14-13-3-1-2-12(8-13)10-19(17,18)15-6-4-11(9-16)5-7-15/h1-3,8,11,16H,4-7,9-10,14H2. The second-order valence-corrected chi connectivity index (χ2v) is 7.00. The van der Waals surface area contributed by atoms with Gasteiger partial charge in [-0.15, -0.1) is 0 Å². The molecule has 1 aliphatic heterocycles. The molecule has 0 aliphatic carbocycles. The summed E-state index contributed by atoms with van der Waals surface area (Å²) in [7, 11) is -3.29. The highest BCUT2D eigenvalue weighted by molar-refractivity contribution is 7.88. The van der Waals surface area contributed by atoms with Crippen LogP contribution in [0.25, 0.3) is 0 Å². The minimum Gasteiger partial charge on any atom is -0.399 e.